The molecule has 0 aliphatic carbocycles. The van der Waals surface area contributed by atoms with E-state index in [-0.39, 0.29) is 0 Å². The van der Waals surface area contributed by atoms with Gasteiger partial charge in [-0.3, -0.25) is 4.79 Å². The van der Waals surface area contributed by atoms with Crippen molar-refractivity contribution in [2.24, 2.45) is 0 Å². The van der Waals surface area contributed by atoms with Crippen LogP contribution < -0.4 is 0 Å². The average molecular weight is 219 g/mol. The van der Waals surface area contributed by atoms with Crippen molar-refractivity contribution < 1.29 is 24.2 Å². The largest absolute Gasteiger partial charge is 0.507 e. The molecule has 0 saturated carbocycles. The van der Waals surface area contributed by atoms with Gasteiger partial charge >= 0.3 is 5.97 Å². The Labute approximate surface area is 82.5 Å². The number of carbonyl (C=O) groups excluding carboxylic acids is 1. The molecule has 0 aliphatic rings. The Hall–Kier alpha value is -1.62. The second-order valence-electron chi connectivity index (χ2n) is 2.39. The van der Waals surface area contributed by atoms with E-state index in [1.807, 2.05) is 0 Å². The minimum atomic E-state index is -1.86. The second kappa shape index (κ2) is 3.63. The molecule has 74 valence electrons. The maximum absolute atomic E-state index is 13.1. The van der Waals surface area contributed by atoms with Crippen LogP contribution in [0.2, 0.25) is 5.02 Å². The lowest BCUT2D eigenvalue weighted by Crippen LogP contribution is -2.14. The van der Waals surface area contributed by atoms with Gasteiger partial charge in [-0.15, -0.1) is 0 Å². The third-order valence-corrected chi connectivity index (χ3v) is 1.79. The summed E-state index contributed by atoms with van der Waals surface area (Å²) in [5.41, 5.74) is -0.926. The van der Waals surface area contributed by atoms with Crippen molar-refractivity contribution in [3.8, 4) is 5.75 Å². The van der Waals surface area contributed by atoms with Crippen LogP contribution in [0.5, 0.6) is 5.75 Å². The number of hydrogen-bond donors (Lipinski definition) is 2. The molecule has 0 aromatic heterocycles. The summed E-state index contributed by atoms with van der Waals surface area (Å²) < 4.78 is 13.1. The summed E-state index contributed by atoms with van der Waals surface area (Å²) in [6, 6.07) is 1.96. The summed E-state index contributed by atoms with van der Waals surface area (Å²) in [4.78, 5) is 21.1. The molecule has 0 radical (unpaired) electrons. The number of carbonyl (C=O) groups is 2. The lowest BCUT2D eigenvalue weighted by atomic mass is 10.1. The summed E-state index contributed by atoms with van der Waals surface area (Å²) in [5.74, 6) is -5.39. The highest BCUT2D eigenvalue weighted by atomic mass is 35.5. The Morgan fingerprint density at radius 1 is 1.36 bits per heavy atom. The Balaban J connectivity index is 3.40. The predicted octanol–water partition coefficient (Wildman–Crippen LogP) is 1.45. The molecule has 0 aliphatic heterocycles. The molecule has 0 bridgehead atoms. The van der Waals surface area contributed by atoms with Gasteiger partial charge in [0.25, 0.3) is 5.78 Å². The SMILES string of the molecule is O=C(O)C(=O)c1c(O)ccc(Cl)c1F. The molecule has 0 atom stereocenters. The number of aromatic hydroxyl groups is 1. The minimum Gasteiger partial charge on any atom is -0.507 e. The highest BCUT2D eigenvalue weighted by Crippen LogP contribution is 2.26. The van der Waals surface area contributed by atoms with Gasteiger partial charge in [0, 0.05) is 0 Å². The lowest BCUT2D eigenvalue weighted by Gasteiger charge is -2.02. The predicted molar refractivity (Wildman–Crippen MR) is 45.0 cm³/mol. The van der Waals surface area contributed by atoms with Crippen molar-refractivity contribution in [2.75, 3.05) is 0 Å². The normalized spacial score (nSPS) is 9.86. The van der Waals surface area contributed by atoms with E-state index in [1.165, 1.54) is 0 Å². The zero-order chi connectivity index (χ0) is 10.9. The number of carboxylic acids is 1. The van der Waals surface area contributed by atoms with Crippen LogP contribution in [-0.4, -0.2) is 22.0 Å². The van der Waals surface area contributed by atoms with Gasteiger partial charge in [0.2, 0.25) is 0 Å². The molecule has 2 N–H and O–H groups in total. The molecule has 0 saturated heterocycles. The summed E-state index contributed by atoms with van der Waals surface area (Å²) in [6.45, 7) is 0. The summed E-state index contributed by atoms with van der Waals surface area (Å²) in [6.07, 6.45) is 0. The summed E-state index contributed by atoms with van der Waals surface area (Å²) in [7, 11) is 0. The first-order chi connectivity index (χ1) is 6.45. The Kier molecular flexibility index (Phi) is 2.71. The molecular formula is C8H4ClFO4. The first-order valence-corrected chi connectivity index (χ1v) is 3.77. The third-order valence-electron chi connectivity index (χ3n) is 1.49. The maximum Gasteiger partial charge on any atom is 0.377 e. The Morgan fingerprint density at radius 3 is 2.43 bits per heavy atom. The molecule has 0 amide bonds. The molecule has 1 aromatic rings. The molecule has 0 heterocycles. The van der Waals surface area contributed by atoms with E-state index in [0.717, 1.165) is 12.1 Å². The van der Waals surface area contributed by atoms with E-state index >= 15 is 0 Å². The maximum atomic E-state index is 13.1. The van der Waals surface area contributed by atoms with Crippen molar-refractivity contribution in [3.05, 3.63) is 28.5 Å². The van der Waals surface area contributed by atoms with Crippen LogP contribution in [0.3, 0.4) is 0 Å². The number of benzene rings is 1. The van der Waals surface area contributed by atoms with Crippen LogP contribution >= 0.6 is 11.6 Å². The van der Waals surface area contributed by atoms with Crippen molar-refractivity contribution in [1.29, 1.82) is 0 Å². The van der Waals surface area contributed by atoms with Gasteiger partial charge in [-0.05, 0) is 12.1 Å². The van der Waals surface area contributed by atoms with Gasteiger partial charge < -0.3 is 10.2 Å². The third kappa shape index (κ3) is 1.67. The number of halogens is 2. The second-order valence-corrected chi connectivity index (χ2v) is 2.80. The molecule has 1 rings (SSSR count). The Morgan fingerprint density at radius 2 is 1.93 bits per heavy atom. The fourth-order valence-corrected chi connectivity index (χ4v) is 1.02. The van der Waals surface area contributed by atoms with Gasteiger partial charge in [-0.25, -0.2) is 9.18 Å². The van der Waals surface area contributed by atoms with Gasteiger partial charge in [0.1, 0.15) is 11.3 Å². The van der Waals surface area contributed by atoms with Crippen LogP contribution in [0.4, 0.5) is 4.39 Å². The zero-order valence-corrected chi connectivity index (χ0v) is 7.38. The Bertz CT molecular complexity index is 416. The smallest absolute Gasteiger partial charge is 0.377 e. The standard InChI is InChI=1S/C8H4ClFO4/c9-3-1-2-4(11)5(6(3)10)7(12)8(13)14/h1-2,11H,(H,13,14). The van der Waals surface area contributed by atoms with Crippen LogP contribution in [0.1, 0.15) is 10.4 Å². The number of phenols is 1. The first-order valence-electron chi connectivity index (χ1n) is 3.39. The molecule has 6 heteroatoms. The van der Waals surface area contributed by atoms with Crippen LogP contribution in [0, 0.1) is 5.82 Å². The quantitative estimate of drug-likeness (QED) is 0.582. The molecule has 14 heavy (non-hydrogen) atoms. The number of carboxylic acid groups (broad SMARTS) is 1. The van der Waals surface area contributed by atoms with Crippen molar-refractivity contribution >= 4 is 23.4 Å². The molecule has 0 fully saturated rings. The number of Topliss-reactive ketones (excluding diaryl/α,β-unsaturated/α-hetero) is 1. The number of hydrogen-bond acceptors (Lipinski definition) is 3. The van der Waals surface area contributed by atoms with E-state index < -0.39 is 33.9 Å². The fourth-order valence-electron chi connectivity index (χ4n) is 0.863. The topological polar surface area (TPSA) is 74.6 Å². The van der Waals surface area contributed by atoms with Gasteiger partial charge in [-0.2, -0.15) is 0 Å². The van der Waals surface area contributed by atoms with E-state index in [1.54, 1.807) is 0 Å². The van der Waals surface area contributed by atoms with Crippen LogP contribution in [0.15, 0.2) is 12.1 Å². The number of rotatable bonds is 2. The molecular weight excluding hydrogens is 215 g/mol. The van der Waals surface area contributed by atoms with Crippen LogP contribution in [0.25, 0.3) is 0 Å². The molecule has 4 nitrogen and oxygen atoms in total. The van der Waals surface area contributed by atoms with E-state index in [2.05, 4.69) is 0 Å². The van der Waals surface area contributed by atoms with Crippen molar-refractivity contribution in [1.82, 2.24) is 0 Å². The van der Waals surface area contributed by atoms with Gasteiger partial charge in [0.05, 0.1) is 5.02 Å². The fraction of sp³-hybridized carbons (Fsp3) is 0. The highest BCUT2D eigenvalue weighted by Gasteiger charge is 2.24. The van der Waals surface area contributed by atoms with Crippen LogP contribution in [-0.2, 0) is 4.79 Å². The van der Waals surface area contributed by atoms with Crippen molar-refractivity contribution in [2.45, 2.75) is 0 Å². The number of ketones is 1. The molecule has 1 aromatic carbocycles. The van der Waals surface area contributed by atoms with E-state index in [9.17, 15) is 14.0 Å². The lowest BCUT2D eigenvalue weighted by molar-refractivity contribution is -0.131. The zero-order valence-electron chi connectivity index (χ0n) is 6.62. The number of phenolic OH excluding ortho intramolecular Hbond substituents is 1. The highest BCUT2D eigenvalue weighted by molar-refractivity contribution is 6.41. The molecule has 0 unspecified atom stereocenters. The van der Waals surface area contributed by atoms with Gasteiger partial charge in [0.15, 0.2) is 5.82 Å². The first kappa shape index (κ1) is 10.5. The summed E-state index contributed by atoms with van der Waals surface area (Å²) >= 11 is 5.30. The minimum absolute atomic E-state index is 0.424. The van der Waals surface area contributed by atoms with Gasteiger partial charge in [-0.1, -0.05) is 11.6 Å². The average Bonchev–Trinajstić information content (AvgIpc) is 2.12. The summed E-state index contributed by atoms with van der Waals surface area (Å²) in [5, 5.41) is 16.9. The van der Waals surface area contributed by atoms with E-state index in [4.69, 9.17) is 21.8 Å². The van der Waals surface area contributed by atoms with E-state index in [0.29, 0.717) is 0 Å². The number of aliphatic carboxylic acids is 1. The monoisotopic (exact) mass is 218 g/mol. The van der Waals surface area contributed by atoms with Crippen molar-refractivity contribution in [3.63, 3.8) is 0 Å². The molecule has 0 spiro atoms.